The average molecular weight is 286 g/mol. The fourth-order valence-corrected chi connectivity index (χ4v) is 2.10. The summed E-state index contributed by atoms with van der Waals surface area (Å²) in [6.07, 6.45) is 3.78. The molecule has 4 heteroatoms. The number of ether oxygens (including phenoxy) is 1. The molecule has 1 atom stereocenters. The van der Waals surface area contributed by atoms with Gasteiger partial charge in [-0.25, -0.2) is 4.98 Å². The van der Waals surface area contributed by atoms with Crippen molar-refractivity contribution in [2.75, 3.05) is 11.9 Å². The molecule has 1 heterocycles. The van der Waals surface area contributed by atoms with Crippen LogP contribution >= 0.6 is 0 Å². The van der Waals surface area contributed by atoms with E-state index in [0.29, 0.717) is 24.3 Å². The van der Waals surface area contributed by atoms with E-state index in [0.717, 1.165) is 18.5 Å². The van der Waals surface area contributed by atoms with Gasteiger partial charge in [0, 0.05) is 12.1 Å². The predicted octanol–water partition coefficient (Wildman–Crippen LogP) is 3.62. The maximum Gasteiger partial charge on any atom is 0.213 e. The van der Waals surface area contributed by atoms with Gasteiger partial charge in [-0.3, -0.25) is 0 Å². The van der Waals surface area contributed by atoms with Gasteiger partial charge in [-0.15, -0.1) is 0 Å². The smallest absolute Gasteiger partial charge is 0.213 e. The lowest BCUT2D eigenvalue weighted by molar-refractivity contribution is 0.327. The van der Waals surface area contributed by atoms with Crippen molar-refractivity contribution in [3.05, 3.63) is 48.2 Å². The molecule has 1 aromatic carbocycles. The van der Waals surface area contributed by atoms with Gasteiger partial charge in [-0.2, -0.15) is 0 Å². The van der Waals surface area contributed by atoms with Gasteiger partial charge in [0.1, 0.15) is 5.75 Å². The maximum absolute atomic E-state index is 9.26. The SMILES string of the molecule is CCOc1ccc(NC(C)CCc2ccc(O)cc2)cn1. The minimum atomic E-state index is 0.311. The van der Waals surface area contributed by atoms with E-state index >= 15 is 0 Å². The molecule has 0 fully saturated rings. The van der Waals surface area contributed by atoms with Crippen molar-refractivity contribution in [3.63, 3.8) is 0 Å². The number of phenolic OH excluding ortho intramolecular Hbond substituents is 1. The van der Waals surface area contributed by atoms with Gasteiger partial charge >= 0.3 is 0 Å². The van der Waals surface area contributed by atoms with E-state index in [1.807, 2.05) is 31.2 Å². The Labute approximate surface area is 125 Å². The normalized spacial score (nSPS) is 11.9. The molecule has 0 spiro atoms. The Balaban J connectivity index is 1.80. The molecule has 0 aliphatic heterocycles. The van der Waals surface area contributed by atoms with Crippen LogP contribution in [0.25, 0.3) is 0 Å². The second-order valence-electron chi connectivity index (χ2n) is 5.07. The van der Waals surface area contributed by atoms with Gasteiger partial charge in [-0.05, 0) is 50.5 Å². The van der Waals surface area contributed by atoms with E-state index in [1.165, 1.54) is 5.56 Å². The molecular formula is C17H22N2O2. The van der Waals surface area contributed by atoms with Gasteiger partial charge in [0.05, 0.1) is 18.5 Å². The third-order valence-corrected chi connectivity index (χ3v) is 3.24. The summed E-state index contributed by atoms with van der Waals surface area (Å²) in [5.41, 5.74) is 2.22. The van der Waals surface area contributed by atoms with E-state index in [1.54, 1.807) is 18.3 Å². The highest BCUT2D eigenvalue weighted by atomic mass is 16.5. The third kappa shape index (κ3) is 4.99. The van der Waals surface area contributed by atoms with Crippen LogP contribution in [0.1, 0.15) is 25.8 Å². The molecule has 112 valence electrons. The van der Waals surface area contributed by atoms with Crippen LogP contribution in [0.2, 0.25) is 0 Å². The number of benzene rings is 1. The number of phenols is 1. The summed E-state index contributed by atoms with van der Waals surface area (Å²) in [6, 6.07) is 11.6. The van der Waals surface area contributed by atoms with Crippen LogP contribution < -0.4 is 10.1 Å². The number of aromatic hydroxyl groups is 1. The van der Waals surface area contributed by atoms with E-state index in [9.17, 15) is 5.11 Å². The number of pyridine rings is 1. The van der Waals surface area contributed by atoms with Crippen molar-refractivity contribution >= 4 is 5.69 Å². The van der Waals surface area contributed by atoms with Crippen LogP contribution in [0, 0.1) is 0 Å². The molecule has 0 saturated carbocycles. The number of anilines is 1. The van der Waals surface area contributed by atoms with Crippen molar-refractivity contribution in [1.29, 1.82) is 0 Å². The zero-order valence-corrected chi connectivity index (χ0v) is 12.5. The molecule has 4 nitrogen and oxygen atoms in total. The minimum absolute atomic E-state index is 0.311. The summed E-state index contributed by atoms with van der Waals surface area (Å²) in [4.78, 5) is 4.24. The van der Waals surface area contributed by atoms with Crippen LogP contribution in [0.4, 0.5) is 5.69 Å². The number of rotatable bonds is 7. The van der Waals surface area contributed by atoms with Crippen molar-refractivity contribution in [3.8, 4) is 11.6 Å². The van der Waals surface area contributed by atoms with Gasteiger partial charge in [-0.1, -0.05) is 12.1 Å². The Morgan fingerprint density at radius 3 is 2.57 bits per heavy atom. The maximum atomic E-state index is 9.26. The first-order valence-corrected chi connectivity index (χ1v) is 7.30. The zero-order chi connectivity index (χ0) is 15.1. The lowest BCUT2D eigenvalue weighted by Gasteiger charge is -2.15. The molecule has 2 N–H and O–H groups in total. The van der Waals surface area contributed by atoms with Crippen molar-refractivity contribution < 1.29 is 9.84 Å². The molecule has 21 heavy (non-hydrogen) atoms. The minimum Gasteiger partial charge on any atom is -0.508 e. The van der Waals surface area contributed by atoms with Gasteiger partial charge < -0.3 is 15.2 Å². The lowest BCUT2D eigenvalue weighted by Crippen LogP contribution is -2.16. The van der Waals surface area contributed by atoms with Gasteiger partial charge in [0.15, 0.2) is 0 Å². The number of hydrogen-bond donors (Lipinski definition) is 2. The number of nitrogens with one attached hydrogen (secondary N) is 1. The quantitative estimate of drug-likeness (QED) is 0.816. The second-order valence-corrected chi connectivity index (χ2v) is 5.07. The Bertz CT molecular complexity index is 538. The van der Waals surface area contributed by atoms with Gasteiger partial charge in [0.2, 0.25) is 5.88 Å². The summed E-state index contributed by atoms with van der Waals surface area (Å²) in [5.74, 6) is 0.963. The highest BCUT2D eigenvalue weighted by Crippen LogP contribution is 2.15. The molecule has 2 rings (SSSR count). The standard InChI is InChI=1S/C17H22N2O2/c1-3-21-17-11-8-15(12-18-17)19-13(2)4-5-14-6-9-16(20)10-7-14/h6-13,19-20H,3-5H2,1-2H3. The molecular weight excluding hydrogens is 264 g/mol. The van der Waals surface area contributed by atoms with Crippen LogP contribution in [-0.2, 0) is 6.42 Å². The summed E-state index contributed by atoms with van der Waals surface area (Å²) < 4.78 is 5.32. The zero-order valence-electron chi connectivity index (χ0n) is 12.5. The molecule has 0 bridgehead atoms. The van der Waals surface area contributed by atoms with Crippen molar-refractivity contribution in [2.45, 2.75) is 32.7 Å². The van der Waals surface area contributed by atoms with Crippen LogP contribution in [-0.4, -0.2) is 22.7 Å². The highest BCUT2D eigenvalue weighted by molar-refractivity contribution is 5.42. The van der Waals surface area contributed by atoms with E-state index in [2.05, 4.69) is 17.2 Å². The van der Waals surface area contributed by atoms with E-state index < -0.39 is 0 Å². The largest absolute Gasteiger partial charge is 0.508 e. The highest BCUT2D eigenvalue weighted by Gasteiger charge is 2.04. The molecule has 2 aromatic rings. The summed E-state index contributed by atoms with van der Waals surface area (Å²) in [7, 11) is 0. The Morgan fingerprint density at radius 1 is 1.19 bits per heavy atom. The van der Waals surface area contributed by atoms with Crippen LogP contribution in [0.3, 0.4) is 0 Å². The van der Waals surface area contributed by atoms with Crippen LogP contribution in [0.15, 0.2) is 42.6 Å². The second kappa shape index (κ2) is 7.53. The molecule has 0 amide bonds. The Kier molecular flexibility index (Phi) is 5.43. The number of nitrogens with zero attached hydrogens (tertiary/aromatic N) is 1. The summed E-state index contributed by atoms with van der Waals surface area (Å²) >= 11 is 0. The van der Waals surface area contributed by atoms with E-state index in [4.69, 9.17) is 4.74 Å². The molecule has 0 saturated heterocycles. The Hall–Kier alpha value is -2.23. The number of aromatic nitrogens is 1. The Morgan fingerprint density at radius 2 is 1.95 bits per heavy atom. The van der Waals surface area contributed by atoms with E-state index in [-0.39, 0.29) is 0 Å². The molecule has 0 aliphatic carbocycles. The molecule has 1 aromatic heterocycles. The summed E-state index contributed by atoms with van der Waals surface area (Å²) in [6.45, 7) is 4.72. The van der Waals surface area contributed by atoms with Crippen molar-refractivity contribution in [2.24, 2.45) is 0 Å². The lowest BCUT2D eigenvalue weighted by atomic mass is 10.1. The van der Waals surface area contributed by atoms with Gasteiger partial charge in [0.25, 0.3) is 0 Å². The molecule has 0 aliphatic rings. The summed E-state index contributed by atoms with van der Waals surface area (Å²) in [5, 5.41) is 12.7. The molecule has 0 radical (unpaired) electrons. The van der Waals surface area contributed by atoms with Crippen LogP contribution in [0.5, 0.6) is 11.6 Å². The first kappa shape index (κ1) is 15.2. The third-order valence-electron chi connectivity index (χ3n) is 3.24. The average Bonchev–Trinajstić information content (AvgIpc) is 2.49. The topological polar surface area (TPSA) is 54.4 Å². The number of aryl methyl sites for hydroxylation is 1. The fourth-order valence-electron chi connectivity index (χ4n) is 2.10. The number of hydrogen-bond acceptors (Lipinski definition) is 4. The predicted molar refractivity (Wildman–Crippen MR) is 84.9 cm³/mol. The molecule has 1 unspecified atom stereocenters. The first-order chi connectivity index (χ1) is 10.2. The monoisotopic (exact) mass is 286 g/mol. The first-order valence-electron chi connectivity index (χ1n) is 7.30. The fraction of sp³-hybridized carbons (Fsp3) is 0.353. The van der Waals surface area contributed by atoms with Crippen molar-refractivity contribution in [1.82, 2.24) is 4.98 Å².